The summed E-state index contributed by atoms with van der Waals surface area (Å²) >= 11 is 4.11. The predicted octanol–water partition coefficient (Wildman–Crippen LogP) is 3.96. The topological polar surface area (TPSA) is 12.5 Å². The average molecular weight is 319 g/mol. The first-order valence-corrected chi connectivity index (χ1v) is 9.75. The molecule has 0 N–H and O–H groups in total. The fourth-order valence-electron chi connectivity index (χ4n) is 3.63. The van der Waals surface area contributed by atoms with Gasteiger partial charge in [0.15, 0.2) is 0 Å². The number of benzene rings is 1. The van der Waals surface area contributed by atoms with Crippen molar-refractivity contribution >= 4 is 33.2 Å². The van der Waals surface area contributed by atoms with Crippen LogP contribution in [0.3, 0.4) is 0 Å². The standard InChI is InChI=1S/C17H21NOS2/c1-2-4-15-14(3-1)13-16(21-15)17(5-11-20-12-6-17)18-7-9-19-10-8-18/h1-4,13H,5-12H2. The number of rotatable bonds is 2. The van der Waals surface area contributed by atoms with E-state index in [1.807, 2.05) is 11.3 Å². The quantitative estimate of drug-likeness (QED) is 0.831. The van der Waals surface area contributed by atoms with Crippen LogP contribution in [0.2, 0.25) is 0 Å². The Kier molecular flexibility index (Phi) is 3.96. The van der Waals surface area contributed by atoms with Crippen molar-refractivity contribution in [2.75, 3.05) is 37.8 Å². The molecule has 3 heterocycles. The Bertz CT molecular complexity index is 579. The van der Waals surface area contributed by atoms with Crippen molar-refractivity contribution in [1.29, 1.82) is 0 Å². The smallest absolute Gasteiger partial charge is 0.0594 e. The molecule has 21 heavy (non-hydrogen) atoms. The van der Waals surface area contributed by atoms with Crippen LogP contribution in [-0.4, -0.2) is 42.7 Å². The Morgan fingerprint density at radius 3 is 2.57 bits per heavy atom. The average Bonchev–Trinajstić information content (AvgIpc) is 3.01. The van der Waals surface area contributed by atoms with Gasteiger partial charge < -0.3 is 4.74 Å². The Labute approximate surface area is 134 Å². The van der Waals surface area contributed by atoms with E-state index in [0.29, 0.717) is 0 Å². The summed E-state index contributed by atoms with van der Waals surface area (Å²) in [6.07, 6.45) is 2.56. The molecule has 2 fully saturated rings. The number of fused-ring (bicyclic) bond motifs is 1. The van der Waals surface area contributed by atoms with E-state index in [1.54, 1.807) is 4.88 Å². The molecule has 0 aliphatic carbocycles. The molecule has 0 spiro atoms. The highest BCUT2D eigenvalue weighted by molar-refractivity contribution is 7.99. The van der Waals surface area contributed by atoms with E-state index in [4.69, 9.17) is 4.74 Å². The normalized spacial score (nSPS) is 23.4. The van der Waals surface area contributed by atoms with Crippen LogP contribution in [-0.2, 0) is 10.3 Å². The van der Waals surface area contributed by atoms with Crippen molar-refractivity contribution in [2.45, 2.75) is 18.4 Å². The van der Waals surface area contributed by atoms with Gasteiger partial charge in [-0.1, -0.05) is 18.2 Å². The van der Waals surface area contributed by atoms with E-state index in [0.717, 1.165) is 26.3 Å². The molecule has 1 aromatic heterocycles. The molecule has 2 nitrogen and oxygen atoms in total. The van der Waals surface area contributed by atoms with Crippen molar-refractivity contribution in [3.05, 3.63) is 35.2 Å². The fourth-order valence-corrected chi connectivity index (χ4v) is 6.14. The number of morpholine rings is 1. The van der Waals surface area contributed by atoms with Gasteiger partial charge in [0.25, 0.3) is 0 Å². The summed E-state index contributed by atoms with van der Waals surface area (Å²) < 4.78 is 7.02. The maximum absolute atomic E-state index is 5.59. The third-order valence-electron chi connectivity index (χ3n) is 4.82. The first kappa shape index (κ1) is 14.1. The SMILES string of the molecule is c1ccc2sc(C3(N4CCOCC4)CCSCC3)cc2c1. The van der Waals surface area contributed by atoms with Crippen LogP contribution in [0.15, 0.2) is 30.3 Å². The lowest BCUT2D eigenvalue weighted by Crippen LogP contribution is -2.52. The number of thioether (sulfide) groups is 1. The van der Waals surface area contributed by atoms with E-state index >= 15 is 0 Å². The van der Waals surface area contributed by atoms with Gasteiger partial charge in [0.05, 0.1) is 18.8 Å². The zero-order chi connectivity index (χ0) is 14.1. The highest BCUT2D eigenvalue weighted by atomic mass is 32.2. The van der Waals surface area contributed by atoms with Crippen LogP contribution in [0.1, 0.15) is 17.7 Å². The van der Waals surface area contributed by atoms with E-state index in [-0.39, 0.29) is 5.54 Å². The minimum Gasteiger partial charge on any atom is -0.379 e. The number of hydrogen-bond acceptors (Lipinski definition) is 4. The molecule has 4 rings (SSSR count). The number of thiophene rings is 1. The summed E-state index contributed by atoms with van der Waals surface area (Å²) in [6.45, 7) is 3.94. The Hall–Kier alpha value is -0.550. The molecule has 0 saturated carbocycles. The molecule has 0 radical (unpaired) electrons. The summed E-state index contributed by atoms with van der Waals surface area (Å²) in [7, 11) is 0. The highest BCUT2D eigenvalue weighted by Crippen LogP contribution is 2.45. The molecule has 4 heteroatoms. The molecule has 2 aliphatic rings. The van der Waals surface area contributed by atoms with Gasteiger partial charge in [0, 0.05) is 22.7 Å². The monoisotopic (exact) mass is 319 g/mol. The second-order valence-electron chi connectivity index (χ2n) is 5.89. The van der Waals surface area contributed by atoms with E-state index in [9.17, 15) is 0 Å². The number of hydrogen-bond donors (Lipinski definition) is 0. The molecule has 0 unspecified atom stereocenters. The number of nitrogens with zero attached hydrogens (tertiary/aromatic N) is 1. The van der Waals surface area contributed by atoms with Crippen LogP contribution >= 0.6 is 23.1 Å². The lowest BCUT2D eigenvalue weighted by molar-refractivity contribution is -0.0276. The maximum atomic E-state index is 5.59. The van der Waals surface area contributed by atoms with Gasteiger partial charge in [-0.05, 0) is 41.9 Å². The van der Waals surface area contributed by atoms with Gasteiger partial charge in [0.2, 0.25) is 0 Å². The van der Waals surface area contributed by atoms with Crippen molar-refractivity contribution < 1.29 is 4.74 Å². The molecular weight excluding hydrogens is 298 g/mol. The van der Waals surface area contributed by atoms with Crippen LogP contribution < -0.4 is 0 Å². The van der Waals surface area contributed by atoms with Crippen LogP contribution in [0, 0.1) is 0 Å². The van der Waals surface area contributed by atoms with Crippen molar-refractivity contribution in [3.63, 3.8) is 0 Å². The zero-order valence-corrected chi connectivity index (χ0v) is 13.8. The van der Waals surface area contributed by atoms with Crippen LogP contribution in [0.4, 0.5) is 0 Å². The van der Waals surface area contributed by atoms with Crippen LogP contribution in [0.25, 0.3) is 10.1 Å². The van der Waals surface area contributed by atoms with Gasteiger partial charge in [-0.3, -0.25) is 4.90 Å². The number of ether oxygens (including phenoxy) is 1. The van der Waals surface area contributed by atoms with E-state index in [1.165, 1.54) is 34.4 Å². The molecule has 1 aromatic carbocycles. The summed E-state index contributed by atoms with van der Waals surface area (Å²) in [5.41, 5.74) is 0.263. The van der Waals surface area contributed by atoms with Gasteiger partial charge in [-0.25, -0.2) is 0 Å². The molecule has 0 atom stereocenters. The third kappa shape index (κ3) is 2.52. The first-order valence-electron chi connectivity index (χ1n) is 7.78. The molecule has 0 bridgehead atoms. The molecule has 2 aliphatic heterocycles. The minimum atomic E-state index is 0.263. The van der Waals surface area contributed by atoms with Gasteiger partial charge in [-0.15, -0.1) is 11.3 Å². The van der Waals surface area contributed by atoms with Crippen LogP contribution in [0.5, 0.6) is 0 Å². The summed E-state index contributed by atoms with van der Waals surface area (Å²) in [4.78, 5) is 4.28. The van der Waals surface area contributed by atoms with Crippen molar-refractivity contribution in [1.82, 2.24) is 4.90 Å². The summed E-state index contributed by atoms with van der Waals surface area (Å²) in [6, 6.07) is 11.3. The summed E-state index contributed by atoms with van der Waals surface area (Å²) in [5.74, 6) is 2.57. The Morgan fingerprint density at radius 2 is 1.81 bits per heavy atom. The molecular formula is C17H21NOS2. The molecule has 2 aromatic rings. The second-order valence-corrected chi connectivity index (χ2v) is 8.20. The predicted molar refractivity (Wildman–Crippen MR) is 92.5 cm³/mol. The zero-order valence-electron chi connectivity index (χ0n) is 12.2. The second kappa shape index (κ2) is 5.92. The molecule has 2 saturated heterocycles. The summed E-state index contributed by atoms with van der Waals surface area (Å²) in [5, 5.41) is 1.41. The van der Waals surface area contributed by atoms with E-state index in [2.05, 4.69) is 47.0 Å². The van der Waals surface area contributed by atoms with Gasteiger partial charge in [-0.2, -0.15) is 11.8 Å². The van der Waals surface area contributed by atoms with Crippen molar-refractivity contribution in [3.8, 4) is 0 Å². The Balaban J connectivity index is 1.77. The third-order valence-corrected chi connectivity index (χ3v) is 7.12. The van der Waals surface area contributed by atoms with Gasteiger partial charge in [0.1, 0.15) is 0 Å². The minimum absolute atomic E-state index is 0.263. The van der Waals surface area contributed by atoms with Crippen molar-refractivity contribution in [2.24, 2.45) is 0 Å². The molecule has 0 amide bonds. The maximum Gasteiger partial charge on any atom is 0.0594 e. The van der Waals surface area contributed by atoms with Gasteiger partial charge >= 0.3 is 0 Å². The largest absolute Gasteiger partial charge is 0.379 e. The molecule has 112 valence electrons. The van der Waals surface area contributed by atoms with E-state index < -0.39 is 0 Å². The fraction of sp³-hybridized carbons (Fsp3) is 0.529. The first-order chi connectivity index (χ1) is 10.4. The Morgan fingerprint density at radius 1 is 1.05 bits per heavy atom. The lowest BCUT2D eigenvalue weighted by atomic mass is 9.87. The highest BCUT2D eigenvalue weighted by Gasteiger charge is 2.41. The lowest BCUT2D eigenvalue weighted by Gasteiger charge is -2.47.